The maximum Gasteiger partial charge on any atom is 0.151 e. The SMILES string of the molecule is CC(C)(C)c1ccc(P(Oc2ccc(-c3ccc(OP(c4ccc(C(C)(C)C)cc4C(C)(C)C)c4ccc(C(C)(C)C)cc4C(C)(C)C)cc3)cc2)c2ccc(C(C)(C)C)cc2C(C)(C)C)c(C(C)(C)C)c1. The van der Waals surface area contributed by atoms with Gasteiger partial charge in [-0.2, -0.15) is 0 Å². The Balaban J connectivity index is 1.42. The van der Waals surface area contributed by atoms with E-state index in [2.05, 4.69) is 287 Å². The molecule has 0 saturated heterocycles. The molecule has 0 amide bonds. The zero-order chi connectivity index (χ0) is 53.9. The van der Waals surface area contributed by atoms with Crippen molar-refractivity contribution in [2.24, 2.45) is 0 Å². The van der Waals surface area contributed by atoms with Crippen molar-refractivity contribution in [1.82, 2.24) is 0 Å². The Kier molecular flexibility index (Phi) is 16.0. The lowest BCUT2D eigenvalue weighted by Crippen LogP contribution is -2.31. The van der Waals surface area contributed by atoms with Crippen molar-refractivity contribution < 1.29 is 9.05 Å². The van der Waals surface area contributed by atoms with Gasteiger partial charge in [0.15, 0.2) is 16.3 Å². The fraction of sp³-hybridized carbons (Fsp3) is 0.471. The van der Waals surface area contributed by atoms with E-state index in [1.807, 2.05) is 0 Å². The molecule has 0 aromatic heterocycles. The minimum Gasteiger partial charge on any atom is -0.464 e. The van der Waals surface area contributed by atoms with Crippen LogP contribution in [0, 0.1) is 0 Å². The summed E-state index contributed by atoms with van der Waals surface area (Å²) in [6.07, 6.45) is 0. The van der Waals surface area contributed by atoms with Crippen molar-refractivity contribution in [1.29, 1.82) is 0 Å². The van der Waals surface area contributed by atoms with Crippen molar-refractivity contribution in [2.75, 3.05) is 0 Å². The van der Waals surface area contributed by atoms with Gasteiger partial charge in [0.2, 0.25) is 0 Å². The molecule has 0 atom stereocenters. The molecule has 0 saturated carbocycles. The Morgan fingerprint density at radius 2 is 0.431 bits per heavy atom. The Bertz CT molecular complexity index is 2490. The monoisotopic (exact) mass is 1000 g/mol. The Hall–Kier alpha value is -4.22. The van der Waals surface area contributed by atoms with Crippen molar-refractivity contribution in [3.63, 3.8) is 0 Å². The molecule has 0 unspecified atom stereocenters. The van der Waals surface area contributed by atoms with E-state index in [0.29, 0.717) is 0 Å². The van der Waals surface area contributed by atoms with Crippen LogP contribution in [0.5, 0.6) is 11.5 Å². The molecule has 2 nitrogen and oxygen atoms in total. The fourth-order valence-corrected chi connectivity index (χ4v) is 14.1. The second-order valence-corrected chi connectivity index (χ2v) is 32.2. The summed E-state index contributed by atoms with van der Waals surface area (Å²) in [6.45, 7) is 55.8. The van der Waals surface area contributed by atoms with Crippen LogP contribution >= 0.6 is 16.3 Å². The van der Waals surface area contributed by atoms with E-state index < -0.39 is 16.3 Å². The summed E-state index contributed by atoms with van der Waals surface area (Å²) in [4.78, 5) is 0. The molecule has 6 aromatic carbocycles. The van der Waals surface area contributed by atoms with Crippen LogP contribution in [0.4, 0.5) is 0 Å². The quantitative estimate of drug-likeness (QED) is 0.134. The highest BCUT2D eigenvalue weighted by atomic mass is 31.1. The molecule has 0 bridgehead atoms. The predicted octanol–water partition coefficient (Wildman–Crippen LogP) is 18.6. The summed E-state index contributed by atoms with van der Waals surface area (Å²) >= 11 is 0. The first-order chi connectivity index (χ1) is 32.7. The van der Waals surface area contributed by atoms with Crippen LogP contribution < -0.4 is 30.3 Å². The van der Waals surface area contributed by atoms with Crippen molar-refractivity contribution >= 4 is 37.5 Å². The number of hydrogen-bond donors (Lipinski definition) is 0. The molecule has 6 rings (SSSR count). The fourth-order valence-electron chi connectivity index (χ4n) is 9.21. The zero-order valence-corrected chi connectivity index (χ0v) is 51.0. The van der Waals surface area contributed by atoms with Gasteiger partial charge < -0.3 is 9.05 Å². The summed E-state index contributed by atoms with van der Waals surface area (Å²) in [5.41, 5.74) is 12.8. The lowest BCUT2D eigenvalue weighted by Gasteiger charge is -2.34. The molecular formula is C68H92O2P2. The minimum atomic E-state index is -1.26. The smallest absolute Gasteiger partial charge is 0.151 e. The summed E-state index contributed by atoms with van der Waals surface area (Å²) in [5, 5.41) is 5.11. The number of benzene rings is 6. The standard InChI is InChI=1S/C68H92O2P2/c1-61(2,3)47-29-37-57(53(41-47)65(13,14)15)71(58-38-30-48(62(4,5)6)42-54(58)66(16,17)18)69-51-33-25-45(26-34-51)46-27-35-52(36-28-46)70-72(59-39-31-49(63(7,8)9)43-55(59)67(19,20)21)60-40-32-50(64(10,11)12)44-56(60)68(22,23)24/h25-44H,1-24H3. The van der Waals surface area contributed by atoms with Gasteiger partial charge in [0, 0.05) is 21.2 Å². The average molecular weight is 1000 g/mol. The van der Waals surface area contributed by atoms with Crippen molar-refractivity contribution in [2.45, 2.75) is 209 Å². The first-order valence-corrected chi connectivity index (χ1v) is 29.0. The van der Waals surface area contributed by atoms with Crippen LogP contribution in [0.15, 0.2) is 121 Å². The molecule has 4 heteroatoms. The first-order valence-electron chi connectivity index (χ1n) is 26.5. The second kappa shape index (κ2) is 20.1. The highest BCUT2D eigenvalue weighted by Crippen LogP contribution is 2.47. The third-order valence-corrected chi connectivity index (χ3v) is 18.1. The molecule has 0 fully saturated rings. The van der Waals surface area contributed by atoms with Crippen LogP contribution in [0.3, 0.4) is 0 Å². The van der Waals surface area contributed by atoms with Gasteiger partial charge in [-0.25, -0.2) is 0 Å². The molecule has 0 heterocycles. The maximum absolute atomic E-state index is 7.41. The van der Waals surface area contributed by atoms with E-state index in [1.165, 1.54) is 65.7 Å². The van der Waals surface area contributed by atoms with E-state index in [4.69, 9.17) is 9.05 Å². The van der Waals surface area contributed by atoms with Crippen LogP contribution in [0.2, 0.25) is 0 Å². The summed E-state index contributed by atoms with van der Waals surface area (Å²) < 4.78 is 14.8. The number of rotatable bonds is 9. The molecule has 0 aliphatic carbocycles. The van der Waals surface area contributed by atoms with Gasteiger partial charge in [-0.05, 0) is 123 Å². The summed E-state index contributed by atoms with van der Waals surface area (Å²) in [6, 6.07) is 46.1. The van der Waals surface area contributed by atoms with E-state index in [1.54, 1.807) is 0 Å². The number of hydrogen-bond acceptors (Lipinski definition) is 2. The second-order valence-electron chi connectivity index (χ2n) is 28.7. The molecule has 72 heavy (non-hydrogen) atoms. The van der Waals surface area contributed by atoms with Crippen LogP contribution in [-0.4, -0.2) is 0 Å². The van der Waals surface area contributed by atoms with Gasteiger partial charge in [-0.15, -0.1) is 0 Å². The molecule has 0 radical (unpaired) electrons. The Morgan fingerprint density at radius 1 is 0.236 bits per heavy atom. The predicted molar refractivity (Wildman–Crippen MR) is 321 cm³/mol. The molecule has 0 spiro atoms. The van der Waals surface area contributed by atoms with E-state index in [9.17, 15) is 0 Å². The van der Waals surface area contributed by atoms with E-state index in [0.717, 1.165) is 22.6 Å². The Labute approximate surface area is 442 Å². The zero-order valence-electron chi connectivity index (χ0n) is 49.3. The van der Waals surface area contributed by atoms with E-state index >= 15 is 0 Å². The highest BCUT2D eigenvalue weighted by molar-refractivity contribution is 7.69. The van der Waals surface area contributed by atoms with Crippen molar-refractivity contribution in [3.8, 4) is 22.6 Å². The lowest BCUT2D eigenvalue weighted by atomic mass is 9.80. The van der Waals surface area contributed by atoms with E-state index in [-0.39, 0.29) is 43.3 Å². The molecular weight excluding hydrogens is 911 g/mol. The van der Waals surface area contributed by atoms with Gasteiger partial charge in [0.05, 0.1) is 0 Å². The van der Waals surface area contributed by atoms with Crippen LogP contribution in [-0.2, 0) is 43.3 Å². The van der Waals surface area contributed by atoms with Gasteiger partial charge in [0.1, 0.15) is 11.5 Å². The van der Waals surface area contributed by atoms with Gasteiger partial charge in [-0.1, -0.05) is 263 Å². The third-order valence-electron chi connectivity index (χ3n) is 14.0. The minimum absolute atomic E-state index is 0.0259. The Morgan fingerprint density at radius 3 is 0.597 bits per heavy atom. The van der Waals surface area contributed by atoms with Crippen LogP contribution in [0.1, 0.15) is 211 Å². The van der Waals surface area contributed by atoms with Crippen LogP contribution in [0.25, 0.3) is 11.1 Å². The lowest BCUT2D eigenvalue weighted by molar-refractivity contribution is 0.567. The highest BCUT2D eigenvalue weighted by Gasteiger charge is 2.35. The van der Waals surface area contributed by atoms with Gasteiger partial charge >= 0.3 is 0 Å². The topological polar surface area (TPSA) is 18.5 Å². The molecule has 0 aliphatic rings. The maximum atomic E-state index is 7.41. The molecule has 6 aromatic rings. The third kappa shape index (κ3) is 13.4. The summed E-state index contributed by atoms with van der Waals surface area (Å²) in [7, 11) is -2.52. The first kappa shape index (κ1) is 57.1. The normalized spacial score (nSPS) is 13.5. The summed E-state index contributed by atoms with van der Waals surface area (Å²) in [5.74, 6) is 1.74. The molecule has 0 N–H and O–H groups in total. The largest absolute Gasteiger partial charge is 0.464 e. The van der Waals surface area contributed by atoms with Gasteiger partial charge in [-0.3, -0.25) is 0 Å². The van der Waals surface area contributed by atoms with Crippen molar-refractivity contribution in [3.05, 3.63) is 166 Å². The molecule has 0 aliphatic heterocycles. The van der Waals surface area contributed by atoms with Gasteiger partial charge in [0.25, 0.3) is 0 Å². The molecule has 386 valence electrons. The average Bonchev–Trinajstić information content (AvgIpc) is 3.24.